The first-order valence-corrected chi connectivity index (χ1v) is 6.81. The number of nitrogens with two attached hydrogens (primary N) is 1. The second kappa shape index (κ2) is 5.72. The average molecular weight is 315 g/mol. The number of aromatic nitrogens is 2. The molecule has 0 aliphatic carbocycles. The van der Waals surface area contributed by atoms with E-state index >= 15 is 0 Å². The van der Waals surface area contributed by atoms with Crippen LogP contribution in [0, 0.1) is 0 Å². The van der Waals surface area contributed by atoms with Crippen molar-refractivity contribution in [2.75, 3.05) is 5.73 Å². The van der Waals surface area contributed by atoms with Gasteiger partial charge in [0.25, 0.3) is 0 Å². The van der Waals surface area contributed by atoms with Crippen LogP contribution in [0.15, 0.2) is 60.8 Å². The Morgan fingerprint density at radius 3 is 2.22 bits per heavy atom. The van der Waals surface area contributed by atoms with Crippen LogP contribution in [0.2, 0.25) is 0 Å². The van der Waals surface area contributed by atoms with Gasteiger partial charge in [-0.2, -0.15) is 13.2 Å². The molecule has 116 valence electrons. The summed E-state index contributed by atoms with van der Waals surface area (Å²) in [7, 11) is 0. The molecule has 0 aliphatic heterocycles. The molecule has 0 saturated heterocycles. The predicted molar refractivity (Wildman–Crippen MR) is 82.3 cm³/mol. The summed E-state index contributed by atoms with van der Waals surface area (Å²) in [5.41, 5.74) is 6.67. The van der Waals surface area contributed by atoms with Crippen molar-refractivity contribution in [3.63, 3.8) is 0 Å². The van der Waals surface area contributed by atoms with Gasteiger partial charge in [0.1, 0.15) is 5.82 Å². The highest BCUT2D eigenvalue weighted by atomic mass is 19.4. The summed E-state index contributed by atoms with van der Waals surface area (Å²) >= 11 is 0. The first-order valence-electron chi connectivity index (χ1n) is 6.81. The summed E-state index contributed by atoms with van der Waals surface area (Å²) < 4.78 is 38.4. The van der Waals surface area contributed by atoms with Crippen molar-refractivity contribution in [3.8, 4) is 22.5 Å². The lowest BCUT2D eigenvalue weighted by Gasteiger charge is -2.10. The minimum Gasteiger partial charge on any atom is -0.383 e. The highest BCUT2D eigenvalue weighted by Crippen LogP contribution is 2.33. The number of hydrogen-bond donors (Lipinski definition) is 1. The summed E-state index contributed by atoms with van der Waals surface area (Å²) in [5.74, 6) is 0.567. The minimum atomic E-state index is -4.41. The van der Waals surface area contributed by atoms with Gasteiger partial charge in [0.05, 0.1) is 5.56 Å². The van der Waals surface area contributed by atoms with Crippen LogP contribution in [0.4, 0.5) is 19.0 Å². The Morgan fingerprint density at radius 2 is 1.57 bits per heavy atom. The van der Waals surface area contributed by atoms with E-state index in [1.165, 1.54) is 12.3 Å². The molecule has 2 aromatic carbocycles. The van der Waals surface area contributed by atoms with E-state index in [9.17, 15) is 13.2 Å². The molecular weight excluding hydrogens is 303 g/mol. The van der Waals surface area contributed by atoms with Gasteiger partial charge in [-0.25, -0.2) is 9.97 Å². The molecule has 1 aromatic heterocycles. The van der Waals surface area contributed by atoms with Crippen molar-refractivity contribution in [1.29, 1.82) is 0 Å². The van der Waals surface area contributed by atoms with E-state index < -0.39 is 11.7 Å². The van der Waals surface area contributed by atoms with Crippen LogP contribution in [-0.4, -0.2) is 9.97 Å². The standard InChI is InChI=1S/C17H12F3N3/c18-17(19,20)13-8-4-7-12(9-13)14-10-22-16(23-15(14)21)11-5-2-1-3-6-11/h1-10H,(H2,21,22,23). The molecule has 3 rings (SSSR count). The van der Waals surface area contributed by atoms with E-state index in [1.807, 2.05) is 30.3 Å². The molecule has 0 aliphatic rings. The summed E-state index contributed by atoms with van der Waals surface area (Å²) in [6.07, 6.45) is -2.96. The highest BCUT2D eigenvalue weighted by Gasteiger charge is 2.30. The van der Waals surface area contributed by atoms with Gasteiger partial charge in [-0.15, -0.1) is 0 Å². The van der Waals surface area contributed by atoms with E-state index in [-0.39, 0.29) is 5.82 Å². The van der Waals surface area contributed by atoms with Crippen molar-refractivity contribution < 1.29 is 13.2 Å². The summed E-state index contributed by atoms with van der Waals surface area (Å²) in [5, 5.41) is 0. The first-order chi connectivity index (χ1) is 10.9. The Kier molecular flexibility index (Phi) is 3.73. The topological polar surface area (TPSA) is 51.8 Å². The molecule has 6 heteroatoms. The third-order valence-electron chi connectivity index (χ3n) is 3.35. The molecule has 3 aromatic rings. The normalized spacial score (nSPS) is 11.4. The maximum Gasteiger partial charge on any atom is 0.416 e. The zero-order chi connectivity index (χ0) is 16.4. The van der Waals surface area contributed by atoms with Crippen molar-refractivity contribution in [1.82, 2.24) is 9.97 Å². The van der Waals surface area contributed by atoms with Gasteiger partial charge in [-0.05, 0) is 17.7 Å². The number of alkyl halides is 3. The molecule has 0 amide bonds. The van der Waals surface area contributed by atoms with Crippen molar-refractivity contribution >= 4 is 5.82 Å². The van der Waals surface area contributed by atoms with Gasteiger partial charge in [-0.3, -0.25) is 0 Å². The maximum atomic E-state index is 12.8. The first kappa shape index (κ1) is 15.0. The highest BCUT2D eigenvalue weighted by molar-refractivity contribution is 5.75. The van der Waals surface area contributed by atoms with Crippen LogP contribution >= 0.6 is 0 Å². The Hall–Kier alpha value is -2.89. The number of benzene rings is 2. The maximum absolute atomic E-state index is 12.8. The quantitative estimate of drug-likeness (QED) is 0.762. The van der Waals surface area contributed by atoms with Crippen LogP contribution in [-0.2, 0) is 6.18 Å². The van der Waals surface area contributed by atoms with Gasteiger partial charge in [-0.1, -0.05) is 42.5 Å². The fourth-order valence-corrected chi connectivity index (χ4v) is 2.21. The zero-order valence-corrected chi connectivity index (χ0v) is 11.9. The van der Waals surface area contributed by atoms with Crippen LogP contribution in [0.5, 0.6) is 0 Å². The van der Waals surface area contributed by atoms with Crippen molar-refractivity contribution in [3.05, 3.63) is 66.4 Å². The molecular formula is C17H12F3N3. The lowest BCUT2D eigenvalue weighted by Crippen LogP contribution is -2.05. The number of nitrogen functional groups attached to an aromatic ring is 1. The Balaban J connectivity index is 2.02. The molecule has 0 atom stereocenters. The second-order valence-electron chi connectivity index (χ2n) is 4.94. The molecule has 0 fully saturated rings. The van der Waals surface area contributed by atoms with Gasteiger partial charge in [0.15, 0.2) is 5.82 Å². The van der Waals surface area contributed by atoms with Crippen LogP contribution in [0.3, 0.4) is 0 Å². The summed E-state index contributed by atoms with van der Waals surface area (Å²) in [6, 6.07) is 14.2. The van der Waals surface area contributed by atoms with Gasteiger partial charge in [0.2, 0.25) is 0 Å². The molecule has 0 unspecified atom stereocenters. The number of hydrogen-bond acceptors (Lipinski definition) is 3. The Bertz CT molecular complexity index is 830. The van der Waals surface area contributed by atoms with Crippen LogP contribution in [0.25, 0.3) is 22.5 Å². The van der Waals surface area contributed by atoms with E-state index in [0.29, 0.717) is 17.0 Å². The molecule has 0 radical (unpaired) electrons. The third kappa shape index (κ3) is 3.15. The minimum absolute atomic E-state index is 0.137. The van der Waals surface area contributed by atoms with Crippen LogP contribution in [0.1, 0.15) is 5.56 Å². The van der Waals surface area contributed by atoms with Crippen LogP contribution < -0.4 is 5.73 Å². The zero-order valence-electron chi connectivity index (χ0n) is 11.9. The monoisotopic (exact) mass is 315 g/mol. The fraction of sp³-hybridized carbons (Fsp3) is 0.0588. The summed E-state index contributed by atoms with van der Waals surface area (Å²) in [6.45, 7) is 0. The molecule has 0 bridgehead atoms. The van der Waals surface area contributed by atoms with Crippen molar-refractivity contribution in [2.45, 2.75) is 6.18 Å². The van der Waals surface area contributed by atoms with Crippen molar-refractivity contribution in [2.24, 2.45) is 0 Å². The molecule has 3 nitrogen and oxygen atoms in total. The van der Waals surface area contributed by atoms with E-state index in [2.05, 4.69) is 9.97 Å². The molecule has 1 heterocycles. The lowest BCUT2D eigenvalue weighted by atomic mass is 10.0. The molecule has 0 saturated carbocycles. The van der Waals surface area contributed by atoms with Gasteiger partial charge in [0, 0.05) is 17.3 Å². The molecule has 23 heavy (non-hydrogen) atoms. The SMILES string of the molecule is Nc1nc(-c2ccccc2)ncc1-c1cccc(C(F)(F)F)c1. The Morgan fingerprint density at radius 1 is 0.870 bits per heavy atom. The van der Waals surface area contributed by atoms with E-state index in [1.54, 1.807) is 6.07 Å². The largest absolute Gasteiger partial charge is 0.416 e. The molecule has 2 N–H and O–H groups in total. The fourth-order valence-electron chi connectivity index (χ4n) is 2.21. The lowest BCUT2D eigenvalue weighted by molar-refractivity contribution is -0.137. The summed E-state index contributed by atoms with van der Waals surface area (Å²) in [4.78, 5) is 8.40. The second-order valence-corrected chi connectivity index (χ2v) is 4.94. The Labute approximate surface area is 130 Å². The predicted octanol–water partition coefficient (Wildman–Crippen LogP) is 4.41. The number of rotatable bonds is 2. The van der Waals surface area contributed by atoms with Gasteiger partial charge >= 0.3 is 6.18 Å². The third-order valence-corrected chi connectivity index (χ3v) is 3.35. The number of anilines is 1. The van der Waals surface area contributed by atoms with Gasteiger partial charge < -0.3 is 5.73 Å². The smallest absolute Gasteiger partial charge is 0.383 e. The number of nitrogens with zero attached hydrogens (tertiary/aromatic N) is 2. The van der Waals surface area contributed by atoms with E-state index in [0.717, 1.165) is 17.7 Å². The average Bonchev–Trinajstić information content (AvgIpc) is 2.55. The van der Waals surface area contributed by atoms with E-state index in [4.69, 9.17) is 5.73 Å². The molecule has 0 spiro atoms. The number of halogens is 3.